The van der Waals surface area contributed by atoms with Crippen LogP contribution in [0.1, 0.15) is 58.3 Å². The summed E-state index contributed by atoms with van der Waals surface area (Å²) < 4.78 is 5.44. The fourth-order valence-corrected chi connectivity index (χ4v) is 2.87. The van der Waals surface area contributed by atoms with Crippen molar-refractivity contribution in [1.29, 1.82) is 0 Å². The molecule has 20 heavy (non-hydrogen) atoms. The number of nitrogens with one attached hydrogen (secondary N) is 1. The van der Waals surface area contributed by atoms with E-state index in [0.717, 1.165) is 32.3 Å². The van der Waals surface area contributed by atoms with Gasteiger partial charge in [-0.25, -0.2) is 0 Å². The molecule has 0 aliphatic heterocycles. The molecule has 2 rings (SSSR count). The zero-order valence-electron chi connectivity index (χ0n) is 12.7. The Labute approximate surface area is 122 Å². The van der Waals surface area contributed by atoms with Crippen LogP contribution in [-0.4, -0.2) is 36.9 Å². The first kappa shape index (κ1) is 15.8. The van der Waals surface area contributed by atoms with Gasteiger partial charge in [-0.1, -0.05) is 32.6 Å². The van der Waals surface area contributed by atoms with E-state index in [-0.39, 0.29) is 11.3 Å². The molecule has 4 heteroatoms. The summed E-state index contributed by atoms with van der Waals surface area (Å²) >= 11 is 0. The Balaban J connectivity index is 1.64. The highest BCUT2D eigenvalue weighted by atomic mass is 16.5. The number of hydrogen-bond acceptors (Lipinski definition) is 3. The molecule has 2 saturated carbocycles. The highest BCUT2D eigenvalue weighted by Gasteiger charge is 2.33. The van der Waals surface area contributed by atoms with Crippen LogP contribution in [0.25, 0.3) is 0 Å². The molecule has 0 spiro atoms. The van der Waals surface area contributed by atoms with Crippen LogP contribution in [0.2, 0.25) is 0 Å². The first-order chi connectivity index (χ1) is 9.60. The quantitative estimate of drug-likeness (QED) is 0.705. The molecule has 2 aliphatic carbocycles. The van der Waals surface area contributed by atoms with E-state index in [1.54, 1.807) is 0 Å². The molecule has 0 aromatic heterocycles. The first-order valence-electron chi connectivity index (χ1n) is 8.14. The van der Waals surface area contributed by atoms with Crippen LogP contribution in [0.3, 0.4) is 0 Å². The molecule has 0 aromatic carbocycles. The van der Waals surface area contributed by atoms with Crippen LogP contribution in [0, 0.1) is 11.3 Å². The molecular formula is C16H29NO3. The van der Waals surface area contributed by atoms with E-state index < -0.39 is 6.10 Å². The Hall–Kier alpha value is -0.610. The summed E-state index contributed by atoms with van der Waals surface area (Å²) in [6.07, 6.45) is 8.60. The van der Waals surface area contributed by atoms with Crippen molar-refractivity contribution >= 4 is 5.91 Å². The second kappa shape index (κ2) is 7.41. The van der Waals surface area contributed by atoms with E-state index in [1.807, 2.05) is 0 Å². The van der Waals surface area contributed by atoms with Crippen molar-refractivity contribution in [2.75, 3.05) is 19.8 Å². The predicted octanol–water partition coefficient (Wildman–Crippen LogP) is 2.25. The zero-order chi connectivity index (χ0) is 14.4. The maximum Gasteiger partial charge on any atom is 0.226 e. The van der Waals surface area contributed by atoms with Gasteiger partial charge in [-0.05, 0) is 31.6 Å². The van der Waals surface area contributed by atoms with Crippen molar-refractivity contribution in [2.24, 2.45) is 11.3 Å². The smallest absolute Gasteiger partial charge is 0.226 e. The third-order valence-electron chi connectivity index (χ3n) is 4.61. The summed E-state index contributed by atoms with van der Waals surface area (Å²) in [5.41, 5.74) is -0.245. The van der Waals surface area contributed by atoms with Gasteiger partial charge in [-0.15, -0.1) is 0 Å². The Kier molecular flexibility index (Phi) is 5.85. The normalized spacial score (nSPS) is 23.9. The molecular weight excluding hydrogens is 254 g/mol. The number of aliphatic hydroxyl groups is 1. The summed E-state index contributed by atoms with van der Waals surface area (Å²) in [5, 5.41) is 12.7. The van der Waals surface area contributed by atoms with Crippen LogP contribution in [0.5, 0.6) is 0 Å². The lowest BCUT2D eigenvalue weighted by molar-refractivity contribution is -0.131. The summed E-state index contributed by atoms with van der Waals surface area (Å²) in [6, 6.07) is 0. The average Bonchev–Trinajstić information content (AvgIpc) is 3.24. The minimum Gasteiger partial charge on any atom is -0.389 e. The van der Waals surface area contributed by atoms with E-state index in [4.69, 9.17) is 4.74 Å². The van der Waals surface area contributed by atoms with Crippen molar-refractivity contribution in [3.63, 3.8) is 0 Å². The molecule has 0 saturated heterocycles. The SMILES string of the molecule is CC1(C(=O)NCC(O)COCC2CC2)CCCCCC1. The van der Waals surface area contributed by atoms with Crippen molar-refractivity contribution in [3.05, 3.63) is 0 Å². The van der Waals surface area contributed by atoms with E-state index in [9.17, 15) is 9.90 Å². The number of hydrogen-bond donors (Lipinski definition) is 2. The van der Waals surface area contributed by atoms with E-state index in [2.05, 4.69) is 12.2 Å². The lowest BCUT2D eigenvalue weighted by Gasteiger charge is -2.27. The molecule has 0 aromatic rings. The third-order valence-corrected chi connectivity index (χ3v) is 4.61. The van der Waals surface area contributed by atoms with Gasteiger partial charge < -0.3 is 15.2 Å². The van der Waals surface area contributed by atoms with Crippen LogP contribution >= 0.6 is 0 Å². The highest BCUT2D eigenvalue weighted by Crippen LogP contribution is 2.34. The maximum atomic E-state index is 12.3. The van der Waals surface area contributed by atoms with Gasteiger partial charge >= 0.3 is 0 Å². The van der Waals surface area contributed by atoms with Crippen LogP contribution in [-0.2, 0) is 9.53 Å². The Morgan fingerprint density at radius 2 is 1.95 bits per heavy atom. The molecule has 116 valence electrons. The summed E-state index contributed by atoms with van der Waals surface area (Å²) in [7, 11) is 0. The second-order valence-corrected chi connectivity index (χ2v) is 6.82. The Morgan fingerprint density at radius 1 is 1.30 bits per heavy atom. The number of amides is 1. The van der Waals surface area contributed by atoms with Gasteiger partial charge in [0.1, 0.15) is 0 Å². The van der Waals surface area contributed by atoms with Crippen LogP contribution in [0.15, 0.2) is 0 Å². The van der Waals surface area contributed by atoms with Crippen molar-refractivity contribution in [3.8, 4) is 0 Å². The van der Waals surface area contributed by atoms with E-state index in [0.29, 0.717) is 19.1 Å². The monoisotopic (exact) mass is 283 g/mol. The van der Waals surface area contributed by atoms with Crippen LogP contribution < -0.4 is 5.32 Å². The summed E-state index contributed by atoms with van der Waals surface area (Å²) in [6.45, 7) is 3.44. The second-order valence-electron chi connectivity index (χ2n) is 6.82. The number of carbonyl (C=O) groups is 1. The first-order valence-corrected chi connectivity index (χ1v) is 8.14. The van der Waals surface area contributed by atoms with Gasteiger partial charge in [-0.2, -0.15) is 0 Å². The lowest BCUT2D eigenvalue weighted by Crippen LogP contribution is -2.43. The number of aliphatic hydroxyl groups excluding tert-OH is 1. The fourth-order valence-electron chi connectivity index (χ4n) is 2.87. The van der Waals surface area contributed by atoms with Gasteiger partial charge in [0.15, 0.2) is 0 Å². The van der Waals surface area contributed by atoms with Crippen LogP contribution in [0.4, 0.5) is 0 Å². The maximum absolute atomic E-state index is 12.3. The topological polar surface area (TPSA) is 58.6 Å². The molecule has 0 heterocycles. The van der Waals surface area contributed by atoms with Crippen molar-refractivity contribution < 1.29 is 14.6 Å². The molecule has 1 atom stereocenters. The Morgan fingerprint density at radius 3 is 2.55 bits per heavy atom. The minimum absolute atomic E-state index is 0.0978. The van der Waals surface area contributed by atoms with Gasteiger partial charge in [0, 0.05) is 18.6 Å². The third kappa shape index (κ3) is 5.06. The van der Waals surface area contributed by atoms with Crippen molar-refractivity contribution in [1.82, 2.24) is 5.32 Å². The zero-order valence-corrected chi connectivity index (χ0v) is 12.7. The van der Waals surface area contributed by atoms with Gasteiger partial charge in [0.2, 0.25) is 5.91 Å². The molecule has 0 radical (unpaired) electrons. The highest BCUT2D eigenvalue weighted by molar-refractivity contribution is 5.82. The molecule has 4 nitrogen and oxygen atoms in total. The standard InChI is InChI=1S/C16H29NO3/c1-16(8-4-2-3-5-9-16)15(19)17-10-14(18)12-20-11-13-6-7-13/h13-14,18H,2-12H2,1H3,(H,17,19). The largest absolute Gasteiger partial charge is 0.389 e. The number of carbonyl (C=O) groups excluding carboxylic acids is 1. The molecule has 1 amide bonds. The van der Waals surface area contributed by atoms with Gasteiger partial charge in [0.05, 0.1) is 12.7 Å². The van der Waals surface area contributed by atoms with Gasteiger partial charge in [0.25, 0.3) is 0 Å². The average molecular weight is 283 g/mol. The molecule has 2 aliphatic rings. The molecule has 2 N–H and O–H groups in total. The summed E-state index contributed by atoms with van der Waals surface area (Å²) in [5.74, 6) is 0.808. The number of rotatable bonds is 7. The lowest BCUT2D eigenvalue weighted by atomic mass is 9.81. The van der Waals surface area contributed by atoms with E-state index >= 15 is 0 Å². The molecule has 1 unspecified atom stereocenters. The number of ether oxygens (including phenoxy) is 1. The van der Waals surface area contributed by atoms with E-state index in [1.165, 1.54) is 25.7 Å². The van der Waals surface area contributed by atoms with Crippen molar-refractivity contribution in [2.45, 2.75) is 64.4 Å². The predicted molar refractivity (Wildman–Crippen MR) is 78.4 cm³/mol. The van der Waals surface area contributed by atoms with Gasteiger partial charge in [-0.3, -0.25) is 4.79 Å². The molecule has 2 fully saturated rings. The Bertz CT molecular complexity index is 307. The minimum atomic E-state index is -0.591. The fraction of sp³-hybridized carbons (Fsp3) is 0.938. The summed E-state index contributed by atoms with van der Waals surface area (Å²) in [4.78, 5) is 12.3. The molecule has 0 bridgehead atoms.